The predicted molar refractivity (Wildman–Crippen MR) is 40.4 cm³/mol. The van der Waals surface area contributed by atoms with Gasteiger partial charge in [-0.25, -0.2) is 0 Å². The van der Waals surface area contributed by atoms with E-state index in [4.69, 9.17) is 5.11 Å². The minimum Gasteiger partial charge on any atom is -0.389 e. The van der Waals surface area contributed by atoms with Crippen molar-refractivity contribution in [2.24, 2.45) is 0 Å². The second-order valence-electron chi connectivity index (χ2n) is 1.87. The minimum atomic E-state index is -0.0296. The maximum Gasteiger partial charge on any atom is 0.0912 e. The van der Waals surface area contributed by atoms with Crippen LogP contribution in [-0.2, 0) is 0 Å². The van der Waals surface area contributed by atoms with E-state index >= 15 is 0 Å². The maximum absolute atomic E-state index is 8.74. The summed E-state index contributed by atoms with van der Waals surface area (Å²) in [5, 5.41) is 8.74. The molecule has 0 aliphatic carbocycles. The van der Waals surface area contributed by atoms with Crippen LogP contribution in [0, 0.1) is 0 Å². The molecule has 0 saturated carbocycles. The van der Waals surface area contributed by atoms with E-state index in [0.29, 0.717) is 5.70 Å². The normalized spacial score (nSPS) is 8.90. The van der Waals surface area contributed by atoms with Crippen molar-refractivity contribution in [1.82, 2.24) is 4.57 Å². The predicted octanol–water partition coefficient (Wildman–Crippen LogP) is 1.11. The summed E-state index contributed by atoms with van der Waals surface area (Å²) in [5.41, 5.74) is 3.31. The molecular weight excluding hydrogens is 126 g/mol. The molecule has 2 nitrogen and oxygen atoms in total. The van der Waals surface area contributed by atoms with Gasteiger partial charge in [0.2, 0.25) is 0 Å². The molecule has 1 aromatic rings. The van der Waals surface area contributed by atoms with Crippen molar-refractivity contribution in [1.29, 1.82) is 0 Å². The minimum absolute atomic E-state index is 0.0296. The van der Waals surface area contributed by atoms with Crippen molar-refractivity contribution in [3.63, 3.8) is 0 Å². The molecule has 0 aliphatic heterocycles. The summed E-state index contributed by atoms with van der Waals surface area (Å²) in [6.45, 7) is 3.42. The quantitative estimate of drug-likeness (QED) is 0.604. The highest BCUT2D eigenvalue weighted by atomic mass is 16.3. The molecule has 10 heavy (non-hydrogen) atoms. The highest BCUT2D eigenvalue weighted by Gasteiger charge is 1.92. The molecule has 1 N–H and O–H groups in total. The van der Waals surface area contributed by atoms with Crippen molar-refractivity contribution < 1.29 is 5.11 Å². The van der Waals surface area contributed by atoms with Crippen molar-refractivity contribution in [2.75, 3.05) is 6.61 Å². The summed E-state index contributed by atoms with van der Waals surface area (Å²) < 4.78 is 1.77. The van der Waals surface area contributed by atoms with Crippen LogP contribution in [0.4, 0.5) is 0 Å². The number of rotatable bonds is 2. The lowest BCUT2D eigenvalue weighted by Crippen LogP contribution is -1.95. The van der Waals surface area contributed by atoms with Gasteiger partial charge in [0.25, 0.3) is 0 Å². The van der Waals surface area contributed by atoms with Crippen molar-refractivity contribution in [3.8, 4) is 0 Å². The molecule has 1 heterocycles. The Balaban J connectivity index is 2.96. The van der Waals surface area contributed by atoms with Crippen LogP contribution in [0.3, 0.4) is 0 Å². The molecule has 0 aliphatic rings. The van der Waals surface area contributed by atoms with Gasteiger partial charge in [-0.1, -0.05) is 6.58 Å². The molecule has 0 spiro atoms. The molecule has 2 heteroatoms. The van der Waals surface area contributed by atoms with E-state index in [1.807, 2.05) is 24.5 Å². The summed E-state index contributed by atoms with van der Waals surface area (Å²) in [6.07, 6.45) is 3.67. The molecule has 0 unspecified atom stereocenters. The SMILES string of the molecule is C=C=C(CO)n1cccc1. The molecule has 0 bridgehead atoms. The van der Waals surface area contributed by atoms with E-state index in [1.54, 1.807) is 4.57 Å². The van der Waals surface area contributed by atoms with Gasteiger partial charge in [0.15, 0.2) is 0 Å². The van der Waals surface area contributed by atoms with Gasteiger partial charge in [-0.15, -0.1) is 5.73 Å². The number of nitrogens with zero attached hydrogens (tertiary/aromatic N) is 1. The first-order valence-electron chi connectivity index (χ1n) is 3.01. The zero-order valence-electron chi connectivity index (χ0n) is 5.62. The summed E-state index contributed by atoms with van der Waals surface area (Å²) >= 11 is 0. The van der Waals surface area contributed by atoms with Crippen LogP contribution < -0.4 is 0 Å². The van der Waals surface area contributed by atoms with Gasteiger partial charge in [0, 0.05) is 12.4 Å². The monoisotopic (exact) mass is 135 g/mol. The van der Waals surface area contributed by atoms with Gasteiger partial charge in [0.05, 0.1) is 12.3 Å². The summed E-state index contributed by atoms with van der Waals surface area (Å²) in [5.74, 6) is 0. The van der Waals surface area contributed by atoms with Crippen LogP contribution in [0.1, 0.15) is 0 Å². The van der Waals surface area contributed by atoms with Gasteiger partial charge < -0.3 is 9.67 Å². The van der Waals surface area contributed by atoms with E-state index in [0.717, 1.165) is 0 Å². The zero-order valence-corrected chi connectivity index (χ0v) is 5.62. The fourth-order valence-electron chi connectivity index (χ4n) is 0.743. The van der Waals surface area contributed by atoms with Crippen LogP contribution in [0.15, 0.2) is 36.8 Å². The first kappa shape index (κ1) is 6.87. The Hall–Kier alpha value is -1.24. The second kappa shape index (κ2) is 3.06. The Morgan fingerprint density at radius 2 is 2.10 bits per heavy atom. The standard InChI is InChI=1S/C8H9NO/c1-2-8(7-10)9-5-3-4-6-9/h3-6,10H,1,7H2. The van der Waals surface area contributed by atoms with Crippen molar-refractivity contribution in [3.05, 3.63) is 36.8 Å². The molecule has 1 aromatic heterocycles. The largest absolute Gasteiger partial charge is 0.389 e. The Labute approximate surface area is 59.7 Å². The van der Waals surface area contributed by atoms with Gasteiger partial charge >= 0.3 is 0 Å². The van der Waals surface area contributed by atoms with Crippen LogP contribution >= 0.6 is 0 Å². The third kappa shape index (κ3) is 1.18. The Morgan fingerprint density at radius 3 is 2.50 bits per heavy atom. The van der Waals surface area contributed by atoms with Crippen LogP contribution in [0.25, 0.3) is 5.70 Å². The van der Waals surface area contributed by atoms with Gasteiger partial charge in [0.1, 0.15) is 0 Å². The third-order valence-electron chi connectivity index (χ3n) is 1.27. The van der Waals surface area contributed by atoms with Gasteiger partial charge in [-0.05, 0) is 12.1 Å². The lowest BCUT2D eigenvalue weighted by Gasteiger charge is -1.99. The topological polar surface area (TPSA) is 25.2 Å². The molecule has 1 rings (SSSR count). The average molecular weight is 135 g/mol. The third-order valence-corrected chi connectivity index (χ3v) is 1.27. The van der Waals surface area contributed by atoms with Crippen LogP contribution in [0.2, 0.25) is 0 Å². The zero-order chi connectivity index (χ0) is 7.40. The van der Waals surface area contributed by atoms with E-state index < -0.39 is 0 Å². The van der Waals surface area contributed by atoms with E-state index in [-0.39, 0.29) is 6.61 Å². The maximum atomic E-state index is 8.74. The molecule has 0 atom stereocenters. The molecule has 0 fully saturated rings. The highest BCUT2D eigenvalue weighted by Crippen LogP contribution is 2.00. The molecular formula is C8H9NO. The molecule has 0 aromatic carbocycles. The lowest BCUT2D eigenvalue weighted by molar-refractivity contribution is 0.344. The molecule has 0 radical (unpaired) electrons. The van der Waals surface area contributed by atoms with E-state index in [9.17, 15) is 0 Å². The van der Waals surface area contributed by atoms with Crippen LogP contribution in [-0.4, -0.2) is 16.3 Å². The van der Waals surface area contributed by atoms with Gasteiger partial charge in [-0.3, -0.25) is 0 Å². The number of aliphatic hydroxyl groups is 1. The Kier molecular flexibility index (Phi) is 2.11. The Bertz CT molecular complexity index is 242. The summed E-state index contributed by atoms with van der Waals surface area (Å²) in [6, 6.07) is 3.76. The lowest BCUT2D eigenvalue weighted by atomic mass is 10.5. The number of aliphatic hydroxyl groups excluding tert-OH is 1. The fourth-order valence-corrected chi connectivity index (χ4v) is 0.743. The molecule has 0 amide bonds. The average Bonchev–Trinajstić information content (AvgIpc) is 2.43. The van der Waals surface area contributed by atoms with Gasteiger partial charge in [-0.2, -0.15) is 0 Å². The first-order chi connectivity index (χ1) is 4.88. The Morgan fingerprint density at radius 1 is 1.50 bits per heavy atom. The number of aromatic nitrogens is 1. The number of hydrogen-bond donors (Lipinski definition) is 1. The van der Waals surface area contributed by atoms with Crippen LogP contribution in [0.5, 0.6) is 0 Å². The van der Waals surface area contributed by atoms with Crippen molar-refractivity contribution >= 4 is 5.70 Å². The molecule has 52 valence electrons. The highest BCUT2D eigenvalue weighted by molar-refractivity contribution is 5.44. The van der Waals surface area contributed by atoms with Crippen molar-refractivity contribution in [2.45, 2.75) is 0 Å². The fraction of sp³-hybridized carbons (Fsp3) is 0.125. The smallest absolute Gasteiger partial charge is 0.0912 e. The number of hydrogen-bond acceptors (Lipinski definition) is 1. The van der Waals surface area contributed by atoms with E-state index in [2.05, 4.69) is 12.3 Å². The first-order valence-corrected chi connectivity index (χ1v) is 3.01. The second-order valence-corrected chi connectivity index (χ2v) is 1.87. The molecule has 0 saturated heterocycles. The summed E-state index contributed by atoms with van der Waals surface area (Å²) in [7, 11) is 0. The summed E-state index contributed by atoms with van der Waals surface area (Å²) in [4.78, 5) is 0. The van der Waals surface area contributed by atoms with E-state index in [1.165, 1.54) is 0 Å².